The van der Waals surface area contributed by atoms with Crippen molar-refractivity contribution in [2.45, 2.75) is 91.2 Å². The first kappa shape index (κ1) is 42.8. The van der Waals surface area contributed by atoms with Crippen molar-refractivity contribution in [1.29, 1.82) is 0 Å². The highest BCUT2D eigenvalue weighted by Gasteiger charge is 2.38. The minimum Gasteiger partial charge on any atom is -0.466 e. The van der Waals surface area contributed by atoms with Crippen molar-refractivity contribution in [3.05, 3.63) is 137 Å². The number of nitrogens with zero attached hydrogens (tertiary/aromatic N) is 3. The van der Waals surface area contributed by atoms with Crippen LogP contribution in [-0.2, 0) is 48.9 Å². The molecule has 0 aliphatic carbocycles. The Morgan fingerprint density at radius 3 is 1.93 bits per heavy atom. The number of aryl methyl sites for hydroxylation is 1. The molecule has 1 amide bonds. The third-order valence-corrected chi connectivity index (χ3v) is 9.91. The monoisotopic (exact) mass is 799 g/mol. The number of imidazole rings is 1. The van der Waals surface area contributed by atoms with Gasteiger partial charge in [-0.05, 0) is 83.2 Å². The summed E-state index contributed by atoms with van der Waals surface area (Å²) in [6.07, 6.45) is 0.278. The number of amides is 1. The Bertz CT molecular complexity index is 2220. The number of alkyl carbamates (subject to hydrolysis) is 1. The zero-order chi connectivity index (χ0) is 42.0. The van der Waals surface area contributed by atoms with Crippen LogP contribution in [0.1, 0.15) is 83.0 Å². The van der Waals surface area contributed by atoms with Gasteiger partial charge >= 0.3 is 12.1 Å². The topological polar surface area (TPSA) is 126 Å². The van der Waals surface area contributed by atoms with Gasteiger partial charge in [-0.25, -0.2) is 14.8 Å². The highest BCUT2D eigenvalue weighted by Crippen LogP contribution is 2.42. The summed E-state index contributed by atoms with van der Waals surface area (Å²) in [5, 5.41) is 7.69. The van der Waals surface area contributed by atoms with Crippen LogP contribution in [0.3, 0.4) is 0 Å². The van der Waals surface area contributed by atoms with Crippen LogP contribution in [0, 0.1) is 0 Å². The fraction of sp³-hybridized carbons (Fsp3) is 0.375. The summed E-state index contributed by atoms with van der Waals surface area (Å²) in [4.78, 5) is 35.5. The van der Waals surface area contributed by atoms with E-state index in [9.17, 15) is 9.59 Å². The lowest BCUT2D eigenvalue weighted by molar-refractivity contribution is -0.143. The SMILES string of the molecule is CCOCc1nc2c(NC(c3ccccc3)(c3ccccc3)c3ccccc3)nc3cc(CCC(=O)OCC)ccc3c2n1CC(C)(C)OCCNC(=O)OC(C)(C)C. The first-order chi connectivity index (χ1) is 28.3. The predicted molar refractivity (Wildman–Crippen MR) is 232 cm³/mol. The highest BCUT2D eigenvalue weighted by molar-refractivity contribution is 6.07. The molecule has 0 radical (unpaired) electrons. The first-order valence-electron chi connectivity index (χ1n) is 20.4. The maximum Gasteiger partial charge on any atom is 0.407 e. The third kappa shape index (κ3) is 10.5. The number of ether oxygens (including phenoxy) is 4. The minimum absolute atomic E-state index is 0.237. The number of hydrogen-bond acceptors (Lipinski definition) is 9. The number of pyridine rings is 1. The van der Waals surface area contributed by atoms with Crippen molar-refractivity contribution < 1.29 is 28.5 Å². The summed E-state index contributed by atoms with van der Waals surface area (Å²) >= 11 is 0. The van der Waals surface area contributed by atoms with E-state index in [0.29, 0.717) is 37.5 Å². The fourth-order valence-corrected chi connectivity index (χ4v) is 7.36. The molecule has 0 spiro atoms. The molecule has 0 bridgehead atoms. The van der Waals surface area contributed by atoms with E-state index in [1.807, 2.05) is 72.7 Å². The molecule has 0 unspecified atom stereocenters. The van der Waals surface area contributed by atoms with E-state index >= 15 is 0 Å². The molecule has 4 aromatic carbocycles. The van der Waals surface area contributed by atoms with E-state index in [0.717, 1.165) is 44.5 Å². The summed E-state index contributed by atoms with van der Waals surface area (Å²) in [6.45, 7) is 15.4. The molecule has 0 aliphatic rings. The lowest BCUT2D eigenvalue weighted by Gasteiger charge is -2.37. The summed E-state index contributed by atoms with van der Waals surface area (Å²) in [7, 11) is 0. The number of esters is 1. The fourth-order valence-electron chi connectivity index (χ4n) is 7.36. The van der Waals surface area contributed by atoms with Crippen LogP contribution in [0.5, 0.6) is 0 Å². The Hall–Kier alpha value is -5.78. The number of aromatic nitrogens is 3. The Balaban J connectivity index is 1.52. The van der Waals surface area contributed by atoms with Gasteiger partial charge in [0.05, 0.1) is 36.4 Å². The smallest absolute Gasteiger partial charge is 0.407 e. The average Bonchev–Trinajstić information content (AvgIpc) is 3.57. The normalized spacial score (nSPS) is 12.1. The summed E-state index contributed by atoms with van der Waals surface area (Å²) < 4.78 is 25.3. The molecule has 2 aromatic heterocycles. The second kappa shape index (κ2) is 18.9. The number of nitrogens with one attached hydrogen (secondary N) is 2. The number of anilines is 1. The quantitative estimate of drug-likeness (QED) is 0.0497. The zero-order valence-corrected chi connectivity index (χ0v) is 35.3. The molecule has 310 valence electrons. The van der Waals surface area contributed by atoms with E-state index in [-0.39, 0.29) is 32.1 Å². The summed E-state index contributed by atoms with van der Waals surface area (Å²) in [5.74, 6) is 1.07. The molecule has 11 heteroatoms. The van der Waals surface area contributed by atoms with Crippen molar-refractivity contribution in [1.82, 2.24) is 19.9 Å². The van der Waals surface area contributed by atoms with Gasteiger partial charge < -0.3 is 34.1 Å². The maximum atomic E-state index is 12.4. The lowest BCUT2D eigenvalue weighted by Crippen LogP contribution is -2.38. The van der Waals surface area contributed by atoms with Crippen LogP contribution in [0.15, 0.2) is 109 Å². The second-order valence-electron chi connectivity index (χ2n) is 16.1. The molecule has 0 saturated heterocycles. The van der Waals surface area contributed by atoms with Crippen LogP contribution in [0.2, 0.25) is 0 Å². The predicted octanol–water partition coefficient (Wildman–Crippen LogP) is 9.34. The number of benzene rings is 4. The van der Waals surface area contributed by atoms with E-state index in [1.165, 1.54) is 0 Å². The maximum absolute atomic E-state index is 12.4. The molecular formula is C48H57N5O6. The molecular weight excluding hydrogens is 743 g/mol. The van der Waals surface area contributed by atoms with E-state index in [2.05, 4.69) is 100 Å². The molecule has 6 aromatic rings. The molecule has 2 heterocycles. The highest BCUT2D eigenvalue weighted by atomic mass is 16.6. The van der Waals surface area contributed by atoms with Gasteiger partial charge in [-0.2, -0.15) is 0 Å². The van der Waals surface area contributed by atoms with Crippen molar-refractivity contribution >= 4 is 39.8 Å². The Morgan fingerprint density at radius 1 is 0.763 bits per heavy atom. The van der Waals surface area contributed by atoms with Crippen LogP contribution in [0.25, 0.3) is 21.9 Å². The molecule has 0 aliphatic heterocycles. The van der Waals surface area contributed by atoms with Gasteiger partial charge in [0.25, 0.3) is 0 Å². The molecule has 59 heavy (non-hydrogen) atoms. The number of carbonyl (C=O) groups excluding carboxylic acids is 2. The van der Waals surface area contributed by atoms with Gasteiger partial charge in [0.2, 0.25) is 0 Å². The van der Waals surface area contributed by atoms with Crippen LogP contribution < -0.4 is 10.6 Å². The number of carbonyl (C=O) groups is 2. The molecule has 0 fully saturated rings. The standard InChI is InChI=1S/C48H57N5O6/c1-8-56-32-40-51-42-43(53(40)33-47(6,7)58-30-29-49-45(55)59-46(3,4)5)38-27-25-34(26-28-41(54)57-9-2)31-39(38)50-44(42)52-48(35-19-13-10-14-20-35,36-21-15-11-16-22-36)37-23-17-12-18-24-37/h10-25,27,31H,8-9,26,28-30,32-33H2,1-7H3,(H,49,55)(H,50,52). The van der Waals surface area contributed by atoms with Gasteiger partial charge in [-0.3, -0.25) is 4.79 Å². The minimum atomic E-state index is -0.883. The van der Waals surface area contributed by atoms with Gasteiger partial charge in [-0.15, -0.1) is 0 Å². The Labute approximate surface area is 347 Å². The van der Waals surface area contributed by atoms with Gasteiger partial charge in [0, 0.05) is 25.0 Å². The number of rotatable bonds is 18. The first-order valence-corrected chi connectivity index (χ1v) is 20.4. The number of fused-ring (bicyclic) bond motifs is 3. The van der Waals surface area contributed by atoms with E-state index in [4.69, 9.17) is 28.9 Å². The Kier molecular flexibility index (Phi) is 13.7. The van der Waals surface area contributed by atoms with Crippen molar-refractivity contribution in [3.63, 3.8) is 0 Å². The van der Waals surface area contributed by atoms with Gasteiger partial charge in [-0.1, -0.05) is 103 Å². The number of hydrogen-bond donors (Lipinski definition) is 2. The Morgan fingerprint density at radius 2 is 1.37 bits per heavy atom. The summed E-state index contributed by atoms with van der Waals surface area (Å²) in [6, 6.07) is 37.3. The second-order valence-corrected chi connectivity index (χ2v) is 16.1. The lowest BCUT2D eigenvalue weighted by atomic mass is 9.77. The third-order valence-electron chi connectivity index (χ3n) is 9.91. The molecule has 0 saturated carbocycles. The largest absolute Gasteiger partial charge is 0.466 e. The van der Waals surface area contributed by atoms with Gasteiger partial charge in [0.15, 0.2) is 5.82 Å². The molecule has 11 nitrogen and oxygen atoms in total. The molecule has 6 rings (SSSR count). The van der Waals surface area contributed by atoms with Crippen LogP contribution in [0.4, 0.5) is 10.6 Å². The van der Waals surface area contributed by atoms with Crippen molar-refractivity contribution in [3.8, 4) is 0 Å². The van der Waals surface area contributed by atoms with E-state index in [1.54, 1.807) is 0 Å². The van der Waals surface area contributed by atoms with Crippen molar-refractivity contribution in [2.24, 2.45) is 0 Å². The van der Waals surface area contributed by atoms with E-state index < -0.39 is 22.8 Å². The van der Waals surface area contributed by atoms with Crippen molar-refractivity contribution in [2.75, 3.05) is 31.7 Å². The van der Waals surface area contributed by atoms with Crippen LogP contribution >= 0.6 is 0 Å². The average molecular weight is 800 g/mol. The van der Waals surface area contributed by atoms with Gasteiger partial charge in [0.1, 0.15) is 29.1 Å². The van der Waals surface area contributed by atoms with Crippen LogP contribution in [-0.4, -0.2) is 64.2 Å². The molecule has 0 atom stereocenters. The molecule has 2 N–H and O–H groups in total. The summed E-state index contributed by atoms with van der Waals surface area (Å²) in [5.41, 5.74) is 4.16. The zero-order valence-electron chi connectivity index (χ0n) is 35.3.